The molecule has 2 aromatic rings. The van der Waals surface area contributed by atoms with E-state index in [0.717, 1.165) is 49.8 Å². The molecule has 2 amide bonds. The molecule has 2 saturated heterocycles. The lowest BCUT2D eigenvalue weighted by molar-refractivity contribution is 0.150. The number of hydrogen-bond acceptors (Lipinski definition) is 4. The van der Waals surface area contributed by atoms with Crippen molar-refractivity contribution in [1.29, 1.82) is 5.26 Å². The molecule has 2 atom stereocenters. The Morgan fingerprint density at radius 3 is 2.83 bits per heavy atom. The number of rotatable bonds is 2. The summed E-state index contributed by atoms with van der Waals surface area (Å²) in [6.07, 6.45) is 4.80. The highest BCUT2D eigenvalue weighted by molar-refractivity contribution is 5.87. The first-order chi connectivity index (χ1) is 14.0. The van der Waals surface area contributed by atoms with Crippen molar-refractivity contribution in [1.82, 2.24) is 20.1 Å². The molecule has 29 heavy (non-hydrogen) atoms. The van der Waals surface area contributed by atoms with Crippen molar-refractivity contribution in [2.45, 2.75) is 38.1 Å². The van der Waals surface area contributed by atoms with Crippen LogP contribution < -0.4 is 5.32 Å². The molecule has 6 heteroatoms. The van der Waals surface area contributed by atoms with Gasteiger partial charge < -0.3 is 15.1 Å². The summed E-state index contributed by atoms with van der Waals surface area (Å²) in [5.74, 6) is 0.681. The van der Waals surface area contributed by atoms with Gasteiger partial charge in [-0.25, -0.2) is 4.79 Å². The third kappa shape index (κ3) is 4.20. The summed E-state index contributed by atoms with van der Waals surface area (Å²) in [6.45, 7) is 5.79. The topological polar surface area (TPSA) is 72.3 Å². The molecule has 0 saturated carbocycles. The van der Waals surface area contributed by atoms with Crippen LogP contribution in [0.2, 0.25) is 0 Å². The first-order valence-corrected chi connectivity index (χ1v) is 10.6. The Bertz CT molecular complexity index is 935. The van der Waals surface area contributed by atoms with Crippen molar-refractivity contribution in [2.75, 3.05) is 33.2 Å². The van der Waals surface area contributed by atoms with Crippen LogP contribution in [0.1, 0.15) is 44.7 Å². The average molecular weight is 394 g/mol. The number of likely N-dealkylation sites (tertiary alicyclic amines) is 2. The second-order valence-corrected chi connectivity index (χ2v) is 8.68. The van der Waals surface area contributed by atoms with Crippen LogP contribution in [0.4, 0.5) is 4.79 Å². The molecule has 0 radical (unpaired) electrons. The van der Waals surface area contributed by atoms with E-state index in [1.807, 2.05) is 23.1 Å². The van der Waals surface area contributed by atoms with Crippen LogP contribution >= 0.6 is 0 Å². The van der Waals surface area contributed by atoms with Crippen molar-refractivity contribution < 1.29 is 6.22 Å². The van der Waals surface area contributed by atoms with Gasteiger partial charge in [-0.15, -0.1) is 0 Å². The van der Waals surface area contributed by atoms with Gasteiger partial charge in [-0.3, -0.25) is 4.98 Å². The highest BCUT2D eigenvalue weighted by Crippen LogP contribution is 2.34. The molecule has 4 rings (SSSR count). The number of nitriles is 1. The van der Waals surface area contributed by atoms with Crippen LogP contribution in [0.5, 0.6) is 0 Å². The third-order valence-electron chi connectivity index (χ3n) is 6.36. The Labute approximate surface area is 174 Å². The molecule has 0 bridgehead atoms. The molecule has 154 valence electrons. The van der Waals surface area contributed by atoms with Gasteiger partial charge in [-0.1, -0.05) is 19.1 Å². The standard InChI is InChI=1S/C23H29N5O.H2/c1-16-12-18(20-6-5-17(13-24)22-21(20)4-3-9-25-22)15-28(14-16)23(29)26-19-7-10-27(2)11-8-19;/h3-6,9,16,18-19H,7-8,10-12,14-15H2,1-2H3,(H,26,29);1H. The van der Waals surface area contributed by atoms with Gasteiger partial charge >= 0.3 is 6.03 Å². The zero-order valence-corrected chi connectivity index (χ0v) is 17.3. The number of urea groups is 1. The largest absolute Gasteiger partial charge is 0.335 e. The maximum absolute atomic E-state index is 13.0. The van der Waals surface area contributed by atoms with E-state index in [9.17, 15) is 10.1 Å². The molecular weight excluding hydrogens is 362 g/mol. The smallest absolute Gasteiger partial charge is 0.317 e. The molecule has 6 nitrogen and oxygen atoms in total. The predicted octanol–water partition coefficient (Wildman–Crippen LogP) is 3.58. The maximum Gasteiger partial charge on any atom is 0.317 e. The van der Waals surface area contributed by atoms with E-state index >= 15 is 0 Å². The fourth-order valence-corrected chi connectivity index (χ4v) is 4.80. The van der Waals surface area contributed by atoms with Gasteiger partial charge in [0.1, 0.15) is 6.07 Å². The predicted molar refractivity (Wildman–Crippen MR) is 116 cm³/mol. The molecule has 3 heterocycles. The van der Waals surface area contributed by atoms with E-state index < -0.39 is 0 Å². The second kappa shape index (κ2) is 8.38. The summed E-state index contributed by atoms with van der Waals surface area (Å²) in [4.78, 5) is 21.7. The Kier molecular flexibility index (Phi) is 5.68. The lowest BCUT2D eigenvalue weighted by atomic mass is 9.83. The fourth-order valence-electron chi connectivity index (χ4n) is 4.80. The third-order valence-corrected chi connectivity index (χ3v) is 6.36. The fraction of sp³-hybridized carbons (Fsp3) is 0.522. The summed E-state index contributed by atoms with van der Waals surface area (Å²) >= 11 is 0. The minimum Gasteiger partial charge on any atom is -0.335 e. The minimum atomic E-state index is 0. The van der Waals surface area contributed by atoms with E-state index in [2.05, 4.69) is 41.3 Å². The number of nitrogens with one attached hydrogen (secondary N) is 1. The van der Waals surface area contributed by atoms with Crippen LogP contribution in [0.25, 0.3) is 10.9 Å². The molecule has 0 spiro atoms. The summed E-state index contributed by atoms with van der Waals surface area (Å²) in [6, 6.07) is 10.5. The molecular formula is C23H31N5O. The zero-order chi connectivity index (χ0) is 20.4. The molecule has 1 aromatic carbocycles. The number of piperidine rings is 2. The molecule has 1 N–H and O–H groups in total. The quantitative estimate of drug-likeness (QED) is 0.846. The van der Waals surface area contributed by atoms with Crippen LogP contribution in [0.15, 0.2) is 30.5 Å². The van der Waals surface area contributed by atoms with Crippen molar-refractivity contribution in [2.24, 2.45) is 5.92 Å². The number of amides is 2. The summed E-state index contributed by atoms with van der Waals surface area (Å²) in [5, 5.41) is 13.7. The second-order valence-electron chi connectivity index (χ2n) is 8.68. The van der Waals surface area contributed by atoms with Gasteiger partial charge in [0.15, 0.2) is 0 Å². The number of carbonyl (C=O) groups excluding carboxylic acids is 1. The van der Waals surface area contributed by atoms with Crippen LogP contribution in [0, 0.1) is 17.2 Å². The zero-order valence-electron chi connectivity index (χ0n) is 17.3. The number of fused-ring (bicyclic) bond motifs is 1. The van der Waals surface area contributed by atoms with Gasteiger partial charge in [0, 0.05) is 38.1 Å². The average Bonchev–Trinajstić information content (AvgIpc) is 2.74. The Morgan fingerprint density at radius 1 is 1.28 bits per heavy atom. The van der Waals surface area contributed by atoms with E-state index in [-0.39, 0.29) is 19.4 Å². The minimum absolute atomic E-state index is 0. The van der Waals surface area contributed by atoms with Gasteiger partial charge in [0.25, 0.3) is 0 Å². The van der Waals surface area contributed by atoms with Crippen molar-refractivity contribution in [3.8, 4) is 6.07 Å². The first-order valence-electron chi connectivity index (χ1n) is 10.6. The molecule has 0 aliphatic carbocycles. The number of carbonyl (C=O) groups is 1. The van der Waals surface area contributed by atoms with Crippen molar-refractivity contribution >= 4 is 16.9 Å². The van der Waals surface area contributed by atoms with Gasteiger partial charge in [-0.2, -0.15) is 5.26 Å². The lowest BCUT2D eigenvalue weighted by Gasteiger charge is -2.38. The molecule has 1 aromatic heterocycles. The van der Waals surface area contributed by atoms with Crippen LogP contribution in [-0.2, 0) is 0 Å². The first kappa shape index (κ1) is 19.7. The summed E-state index contributed by atoms with van der Waals surface area (Å²) in [7, 11) is 2.13. The molecule has 2 aliphatic heterocycles. The Hall–Kier alpha value is -2.65. The highest BCUT2D eigenvalue weighted by atomic mass is 16.2. The van der Waals surface area contributed by atoms with Crippen LogP contribution in [-0.4, -0.2) is 60.1 Å². The van der Waals surface area contributed by atoms with Crippen LogP contribution in [0.3, 0.4) is 0 Å². The number of aromatic nitrogens is 1. The lowest BCUT2D eigenvalue weighted by Crippen LogP contribution is -2.52. The Balaban J connectivity index is 0.00000256. The van der Waals surface area contributed by atoms with Gasteiger partial charge in [-0.05, 0) is 63.0 Å². The molecule has 2 aliphatic rings. The van der Waals surface area contributed by atoms with Gasteiger partial charge in [0.05, 0.1) is 11.1 Å². The molecule has 2 fully saturated rings. The van der Waals surface area contributed by atoms with Crippen molar-refractivity contribution in [3.63, 3.8) is 0 Å². The van der Waals surface area contributed by atoms with E-state index in [1.54, 1.807) is 6.20 Å². The summed E-state index contributed by atoms with van der Waals surface area (Å²) in [5.41, 5.74) is 2.55. The highest BCUT2D eigenvalue weighted by Gasteiger charge is 2.31. The SMILES string of the molecule is CC1CC(c2ccc(C#N)c3ncccc23)CN(C(=O)NC2CCN(C)CC2)C1.[HH]. The van der Waals surface area contributed by atoms with E-state index in [0.29, 0.717) is 18.0 Å². The summed E-state index contributed by atoms with van der Waals surface area (Å²) < 4.78 is 0. The van der Waals surface area contributed by atoms with Gasteiger partial charge in [0.2, 0.25) is 0 Å². The van der Waals surface area contributed by atoms with E-state index in [4.69, 9.17) is 0 Å². The number of pyridine rings is 1. The van der Waals surface area contributed by atoms with Crippen molar-refractivity contribution in [3.05, 3.63) is 41.6 Å². The van der Waals surface area contributed by atoms with E-state index in [1.165, 1.54) is 5.56 Å². The molecule has 2 unspecified atom stereocenters. The maximum atomic E-state index is 13.0. The Morgan fingerprint density at radius 2 is 2.07 bits per heavy atom. The monoisotopic (exact) mass is 393 g/mol. The number of benzene rings is 1. The number of nitrogens with zero attached hydrogens (tertiary/aromatic N) is 4. The normalized spacial score (nSPS) is 23.7. The number of hydrogen-bond donors (Lipinski definition) is 1.